The van der Waals surface area contributed by atoms with Crippen molar-refractivity contribution in [3.8, 4) is 0 Å². The van der Waals surface area contributed by atoms with Crippen LogP contribution in [0, 0.1) is 23.7 Å². The molecule has 17 heavy (non-hydrogen) atoms. The van der Waals surface area contributed by atoms with Gasteiger partial charge in [-0.1, -0.05) is 11.6 Å². The topological polar surface area (TPSA) is 64.3 Å². The van der Waals surface area contributed by atoms with Gasteiger partial charge >= 0.3 is 0 Å². The second kappa shape index (κ2) is 4.80. The fraction of sp³-hybridized carbons (Fsp3) is 0.833. The highest BCUT2D eigenvalue weighted by Crippen LogP contribution is 2.56. The molecular formula is C12H20N2O2S. The Morgan fingerprint density at radius 1 is 1.24 bits per heavy atom. The van der Waals surface area contributed by atoms with E-state index in [9.17, 15) is 4.21 Å². The van der Waals surface area contributed by atoms with E-state index in [0.717, 1.165) is 23.7 Å². The Morgan fingerprint density at radius 2 is 1.82 bits per heavy atom. The molecule has 0 radical (unpaired) electrons. The lowest BCUT2D eigenvalue weighted by Crippen LogP contribution is -2.40. The minimum absolute atomic E-state index is 0.599. The maximum atomic E-state index is 11.0. The van der Waals surface area contributed by atoms with E-state index in [4.69, 9.17) is 5.90 Å². The van der Waals surface area contributed by atoms with Crippen molar-refractivity contribution in [1.29, 1.82) is 0 Å². The van der Waals surface area contributed by atoms with Crippen LogP contribution in [0.5, 0.6) is 0 Å². The normalized spacial score (nSPS) is 40.6. The SMILES string of the molecule is NOS(=O)NCC=C1C2CC3CC(C2)CC1C3. The van der Waals surface area contributed by atoms with Crippen molar-refractivity contribution in [2.45, 2.75) is 32.1 Å². The van der Waals surface area contributed by atoms with Gasteiger partial charge in [0.1, 0.15) is 0 Å². The van der Waals surface area contributed by atoms with Crippen LogP contribution in [0.3, 0.4) is 0 Å². The minimum atomic E-state index is -1.55. The molecule has 0 aromatic rings. The minimum Gasteiger partial charge on any atom is -0.210 e. The predicted octanol–water partition coefficient (Wildman–Crippen LogP) is 1.43. The molecule has 4 nitrogen and oxygen atoms in total. The Bertz CT molecular complexity index is 326. The van der Waals surface area contributed by atoms with Gasteiger partial charge in [-0.25, -0.2) is 8.93 Å². The third-order valence-electron chi connectivity index (χ3n) is 4.71. The van der Waals surface area contributed by atoms with E-state index >= 15 is 0 Å². The average Bonchev–Trinajstić information content (AvgIpc) is 2.31. The molecule has 4 fully saturated rings. The summed E-state index contributed by atoms with van der Waals surface area (Å²) in [7, 11) is 0. The van der Waals surface area contributed by atoms with Gasteiger partial charge in [-0.2, -0.15) is 10.2 Å². The highest BCUT2D eigenvalue weighted by atomic mass is 32.2. The van der Waals surface area contributed by atoms with Crippen LogP contribution in [0.2, 0.25) is 0 Å². The molecule has 1 atom stereocenters. The largest absolute Gasteiger partial charge is 0.252 e. The molecule has 1 unspecified atom stereocenters. The molecule has 0 aromatic heterocycles. The summed E-state index contributed by atoms with van der Waals surface area (Å²) in [5.74, 6) is 8.42. The van der Waals surface area contributed by atoms with Crippen molar-refractivity contribution in [2.24, 2.45) is 29.6 Å². The van der Waals surface area contributed by atoms with Crippen LogP contribution in [0.4, 0.5) is 0 Å². The molecule has 0 aliphatic heterocycles. The molecule has 5 heteroatoms. The van der Waals surface area contributed by atoms with Crippen molar-refractivity contribution < 1.29 is 8.49 Å². The van der Waals surface area contributed by atoms with Gasteiger partial charge in [0.05, 0.1) is 0 Å². The Morgan fingerprint density at radius 3 is 2.35 bits per heavy atom. The van der Waals surface area contributed by atoms with Crippen LogP contribution in [0.15, 0.2) is 11.6 Å². The first-order valence-electron chi connectivity index (χ1n) is 6.48. The third kappa shape index (κ3) is 2.34. The van der Waals surface area contributed by atoms with Crippen LogP contribution >= 0.6 is 0 Å². The Kier molecular flexibility index (Phi) is 3.34. The Labute approximate surface area is 105 Å². The summed E-state index contributed by atoms with van der Waals surface area (Å²) in [6.45, 7) is 0.599. The van der Waals surface area contributed by atoms with Crippen molar-refractivity contribution in [2.75, 3.05) is 6.54 Å². The number of rotatable bonds is 4. The molecule has 4 bridgehead atoms. The van der Waals surface area contributed by atoms with Crippen molar-refractivity contribution >= 4 is 11.3 Å². The molecule has 3 N–H and O–H groups in total. The fourth-order valence-corrected chi connectivity index (χ4v) is 4.61. The standard InChI is InChI=1S/C12H20N2O2S/c13-16-17(15)14-2-1-12-10-4-8-3-9(6-10)7-11(12)5-8/h1,8-11,14H,2-7,13H2. The van der Waals surface area contributed by atoms with Crippen LogP contribution in [0.25, 0.3) is 0 Å². The first kappa shape index (κ1) is 11.8. The first-order valence-corrected chi connectivity index (χ1v) is 7.56. The van der Waals surface area contributed by atoms with Crippen molar-refractivity contribution in [1.82, 2.24) is 4.72 Å². The number of hydrogen-bond donors (Lipinski definition) is 2. The molecule has 0 spiro atoms. The molecule has 0 heterocycles. The highest BCUT2D eigenvalue weighted by Gasteiger charge is 2.44. The zero-order valence-electron chi connectivity index (χ0n) is 9.93. The van der Waals surface area contributed by atoms with Crippen LogP contribution in [-0.2, 0) is 15.6 Å². The summed E-state index contributed by atoms with van der Waals surface area (Å²) in [5.41, 5.74) is 1.61. The summed E-state index contributed by atoms with van der Waals surface area (Å²) in [6, 6.07) is 0. The van der Waals surface area contributed by atoms with Gasteiger partial charge in [0.15, 0.2) is 0 Å². The molecule has 4 saturated carbocycles. The van der Waals surface area contributed by atoms with Crippen LogP contribution in [0.1, 0.15) is 32.1 Å². The molecule has 0 saturated heterocycles. The number of allylic oxidation sites excluding steroid dienone is 1. The second-order valence-electron chi connectivity index (χ2n) is 5.69. The summed E-state index contributed by atoms with van der Waals surface area (Å²) >= 11 is -1.55. The van der Waals surface area contributed by atoms with E-state index in [1.54, 1.807) is 5.57 Å². The van der Waals surface area contributed by atoms with E-state index in [1.807, 2.05) is 0 Å². The number of nitrogens with one attached hydrogen (secondary N) is 1. The summed E-state index contributed by atoms with van der Waals surface area (Å²) in [5, 5.41) is 0. The van der Waals surface area contributed by atoms with Gasteiger partial charge < -0.3 is 0 Å². The monoisotopic (exact) mass is 256 g/mol. The number of nitrogens with two attached hydrogens (primary N) is 1. The summed E-state index contributed by atoms with van der Waals surface area (Å²) in [4.78, 5) is 0. The zero-order chi connectivity index (χ0) is 11.8. The predicted molar refractivity (Wildman–Crippen MR) is 66.5 cm³/mol. The van der Waals surface area contributed by atoms with E-state index in [-0.39, 0.29) is 0 Å². The molecular weight excluding hydrogens is 236 g/mol. The third-order valence-corrected chi connectivity index (χ3v) is 5.28. The zero-order valence-corrected chi connectivity index (χ0v) is 10.7. The fourth-order valence-electron chi connectivity index (χ4n) is 4.32. The van der Waals surface area contributed by atoms with Crippen molar-refractivity contribution in [3.05, 3.63) is 11.6 Å². The van der Waals surface area contributed by atoms with Gasteiger partial charge in [0.2, 0.25) is 0 Å². The van der Waals surface area contributed by atoms with E-state index in [2.05, 4.69) is 15.1 Å². The highest BCUT2D eigenvalue weighted by molar-refractivity contribution is 7.78. The molecule has 0 aromatic carbocycles. The van der Waals surface area contributed by atoms with E-state index in [1.165, 1.54) is 32.1 Å². The second-order valence-corrected chi connectivity index (χ2v) is 6.64. The summed E-state index contributed by atoms with van der Waals surface area (Å²) < 4.78 is 17.9. The molecule has 96 valence electrons. The smallest absolute Gasteiger partial charge is 0.210 e. The quantitative estimate of drug-likeness (QED) is 0.591. The van der Waals surface area contributed by atoms with Gasteiger partial charge in [-0.15, -0.1) is 0 Å². The van der Waals surface area contributed by atoms with Crippen molar-refractivity contribution in [3.63, 3.8) is 0 Å². The van der Waals surface area contributed by atoms with Crippen LogP contribution < -0.4 is 10.6 Å². The number of hydrogen-bond acceptors (Lipinski definition) is 3. The lowest BCUT2D eigenvalue weighted by molar-refractivity contribution is 0.0694. The van der Waals surface area contributed by atoms with Crippen LogP contribution in [-0.4, -0.2) is 10.8 Å². The maximum Gasteiger partial charge on any atom is 0.252 e. The van der Waals surface area contributed by atoms with Gasteiger partial charge in [-0.05, 0) is 55.8 Å². The molecule has 0 amide bonds. The van der Waals surface area contributed by atoms with E-state index < -0.39 is 11.3 Å². The molecule has 4 aliphatic carbocycles. The lowest BCUT2D eigenvalue weighted by Gasteiger charge is -2.51. The van der Waals surface area contributed by atoms with Gasteiger partial charge in [-0.3, -0.25) is 0 Å². The Balaban J connectivity index is 1.63. The van der Waals surface area contributed by atoms with Gasteiger partial charge in [0.25, 0.3) is 11.3 Å². The summed E-state index contributed by atoms with van der Waals surface area (Å²) in [6.07, 6.45) is 9.24. The van der Waals surface area contributed by atoms with Gasteiger partial charge in [0, 0.05) is 6.54 Å². The first-order chi connectivity index (χ1) is 8.26. The van der Waals surface area contributed by atoms with E-state index in [0.29, 0.717) is 6.54 Å². The molecule has 4 rings (SSSR count). The molecule has 4 aliphatic rings. The lowest BCUT2D eigenvalue weighted by atomic mass is 9.54. The Hall–Kier alpha value is -0.230. The maximum absolute atomic E-state index is 11.0. The average molecular weight is 256 g/mol.